The van der Waals surface area contributed by atoms with Gasteiger partial charge in [-0.05, 0) is 74.9 Å². The third-order valence-electron chi connectivity index (χ3n) is 5.65. The van der Waals surface area contributed by atoms with Crippen LogP contribution in [0.4, 0.5) is 23.2 Å². The largest absolute Gasteiger partial charge is 0.486 e. The molecule has 0 bridgehead atoms. The van der Waals surface area contributed by atoms with Gasteiger partial charge in [0.05, 0.1) is 5.56 Å². The maximum absolute atomic E-state index is 14.0. The fourth-order valence-electron chi connectivity index (χ4n) is 4.03. The maximum Gasteiger partial charge on any atom is 0.416 e. The molecule has 0 saturated heterocycles. The molecule has 1 aliphatic rings. The van der Waals surface area contributed by atoms with E-state index in [4.69, 9.17) is 9.47 Å². The number of rotatable bonds is 5. The lowest BCUT2D eigenvalue weighted by Gasteiger charge is -2.34. The summed E-state index contributed by atoms with van der Waals surface area (Å²) in [4.78, 5) is 28.7. The summed E-state index contributed by atoms with van der Waals surface area (Å²) in [6.45, 7) is 5.77. The standard InChI is InChI=1S/C28H26F4N2O4/c1-27(2,3)33-25(35)24(17-7-10-20(29)11-8-17)34(21-6-4-5-19(16-21)28(30,31)32)26(36)18-9-12-22-23(15-18)38-14-13-37-22/h4-12,15-16,24H,13-14H2,1-3H3,(H,33,35). The number of benzene rings is 3. The van der Waals surface area contributed by atoms with E-state index in [2.05, 4.69) is 5.32 Å². The number of nitrogens with one attached hydrogen (secondary N) is 1. The quantitative estimate of drug-likeness (QED) is 0.416. The number of hydrogen-bond acceptors (Lipinski definition) is 4. The van der Waals surface area contributed by atoms with E-state index in [0.29, 0.717) is 18.1 Å². The molecule has 6 nitrogen and oxygen atoms in total. The second kappa shape index (κ2) is 10.4. The van der Waals surface area contributed by atoms with Crippen molar-refractivity contribution >= 4 is 17.5 Å². The lowest BCUT2D eigenvalue weighted by molar-refractivity contribution is -0.137. The summed E-state index contributed by atoms with van der Waals surface area (Å²) >= 11 is 0. The monoisotopic (exact) mass is 530 g/mol. The fraction of sp³-hybridized carbons (Fsp3) is 0.286. The Labute approximate surface area is 217 Å². The number of carbonyl (C=O) groups is 2. The van der Waals surface area contributed by atoms with Gasteiger partial charge in [-0.2, -0.15) is 13.2 Å². The number of anilines is 1. The van der Waals surface area contributed by atoms with Gasteiger partial charge in [0, 0.05) is 16.8 Å². The zero-order valence-electron chi connectivity index (χ0n) is 20.9. The normalized spacial score (nSPS) is 14.0. The van der Waals surface area contributed by atoms with Crippen molar-refractivity contribution in [2.45, 2.75) is 38.5 Å². The predicted molar refractivity (Wildman–Crippen MR) is 133 cm³/mol. The maximum atomic E-state index is 14.0. The smallest absolute Gasteiger partial charge is 0.416 e. The number of carbonyl (C=O) groups excluding carboxylic acids is 2. The van der Waals surface area contributed by atoms with Crippen LogP contribution in [0.3, 0.4) is 0 Å². The zero-order chi connectivity index (χ0) is 27.7. The highest BCUT2D eigenvalue weighted by Gasteiger charge is 2.37. The van der Waals surface area contributed by atoms with Gasteiger partial charge >= 0.3 is 6.18 Å². The van der Waals surface area contributed by atoms with Crippen molar-refractivity contribution in [1.29, 1.82) is 0 Å². The molecule has 0 aliphatic carbocycles. The molecule has 1 atom stereocenters. The Morgan fingerprint density at radius 2 is 1.55 bits per heavy atom. The third-order valence-corrected chi connectivity index (χ3v) is 5.65. The molecule has 3 aromatic carbocycles. The Morgan fingerprint density at radius 1 is 0.895 bits per heavy atom. The molecule has 1 aliphatic heterocycles. The summed E-state index contributed by atoms with van der Waals surface area (Å²) in [5, 5.41) is 2.79. The van der Waals surface area contributed by atoms with Crippen LogP contribution in [0.1, 0.15) is 48.3 Å². The van der Waals surface area contributed by atoms with Crippen LogP contribution in [0, 0.1) is 5.82 Å². The van der Waals surface area contributed by atoms with Crippen molar-refractivity contribution in [3.05, 3.63) is 89.2 Å². The Morgan fingerprint density at radius 3 is 2.18 bits per heavy atom. The molecule has 2 amide bonds. The fourth-order valence-corrected chi connectivity index (χ4v) is 4.03. The summed E-state index contributed by atoms with van der Waals surface area (Å²) in [7, 11) is 0. The van der Waals surface area contributed by atoms with Crippen molar-refractivity contribution in [3.8, 4) is 11.5 Å². The molecule has 1 heterocycles. The molecule has 0 fully saturated rings. The van der Waals surface area contributed by atoms with Gasteiger partial charge in [-0.3, -0.25) is 14.5 Å². The average molecular weight is 531 g/mol. The van der Waals surface area contributed by atoms with Crippen LogP contribution < -0.4 is 19.7 Å². The second-order valence-electron chi connectivity index (χ2n) is 9.78. The molecular weight excluding hydrogens is 504 g/mol. The topological polar surface area (TPSA) is 67.9 Å². The highest BCUT2D eigenvalue weighted by Crippen LogP contribution is 2.37. The summed E-state index contributed by atoms with van der Waals surface area (Å²) in [6, 6.07) is 12.0. The number of amides is 2. The molecule has 38 heavy (non-hydrogen) atoms. The van der Waals surface area contributed by atoms with Gasteiger partial charge in [0.2, 0.25) is 5.91 Å². The number of fused-ring (bicyclic) bond motifs is 1. The van der Waals surface area contributed by atoms with E-state index in [9.17, 15) is 27.2 Å². The first-order valence-corrected chi connectivity index (χ1v) is 11.8. The average Bonchev–Trinajstić information content (AvgIpc) is 2.86. The second-order valence-corrected chi connectivity index (χ2v) is 9.78. The van der Waals surface area contributed by atoms with Gasteiger partial charge in [0.1, 0.15) is 25.1 Å². The van der Waals surface area contributed by atoms with Crippen molar-refractivity contribution in [3.63, 3.8) is 0 Å². The van der Waals surface area contributed by atoms with E-state index < -0.39 is 41.0 Å². The Hall–Kier alpha value is -4.08. The molecule has 3 aromatic rings. The number of alkyl halides is 3. The molecule has 200 valence electrons. The highest BCUT2D eigenvalue weighted by atomic mass is 19.4. The molecule has 0 spiro atoms. The lowest BCUT2D eigenvalue weighted by atomic mass is 9.99. The minimum atomic E-state index is -4.69. The van der Waals surface area contributed by atoms with Crippen LogP contribution in [0.5, 0.6) is 11.5 Å². The van der Waals surface area contributed by atoms with Crippen molar-refractivity contribution in [2.24, 2.45) is 0 Å². The lowest BCUT2D eigenvalue weighted by Crippen LogP contribution is -2.49. The Bertz CT molecular complexity index is 1330. The predicted octanol–water partition coefficient (Wildman–Crippen LogP) is 5.92. The number of nitrogens with zero attached hydrogens (tertiary/aromatic N) is 1. The minimum Gasteiger partial charge on any atom is -0.486 e. The number of halogens is 4. The molecule has 1 unspecified atom stereocenters. The third kappa shape index (κ3) is 6.07. The SMILES string of the molecule is CC(C)(C)NC(=O)C(c1ccc(F)cc1)N(C(=O)c1ccc2c(c1)OCCO2)c1cccc(C(F)(F)F)c1. The van der Waals surface area contributed by atoms with Crippen molar-refractivity contribution in [2.75, 3.05) is 18.1 Å². The number of hydrogen-bond donors (Lipinski definition) is 1. The van der Waals surface area contributed by atoms with Crippen LogP contribution in [0.25, 0.3) is 0 Å². The van der Waals surface area contributed by atoms with Crippen LogP contribution in [-0.2, 0) is 11.0 Å². The van der Waals surface area contributed by atoms with Gasteiger partial charge < -0.3 is 14.8 Å². The van der Waals surface area contributed by atoms with E-state index in [1.54, 1.807) is 20.8 Å². The Kier molecular flexibility index (Phi) is 7.35. The first kappa shape index (κ1) is 27.0. The molecule has 1 N–H and O–H groups in total. The summed E-state index contributed by atoms with van der Waals surface area (Å²) in [6.07, 6.45) is -4.69. The van der Waals surface area contributed by atoms with Crippen LogP contribution in [0.15, 0.2) is 66.7 Å². The van der Waals surface area contributed by atoms with E-state index in [0.717, 1.165) is 35.2 Å². The van der Waals surface area contributed by atoms with Gasteiger partial charge in [-0.1, -0.05) is 18.2 Å². The molecule has 0 aromatic heterocycles. The minimum absolute atomic E-state index is 0.0577. The highest BCUT2D eigenvalue weighted by molar-refractivity contribution is 6.10. The Balaban J connectivity index is 1.90. The van der Waals surface area contributed by atoms with E-state index in [-0.39, 0.29) is 23.4 Å². The molecule has 4 rings (SSSR count). The van der Waals surface area contributed by atoms with Crippen LogP contribution >= 0.6 is 0 Å². The van der Waals surface area contributed by atoms with Gasteiger partial charge in [-0.15, -0.1) is 0 Å². The molecule has 0 radical (unpaired) electrons. The molecule has 0 saturated carbocycles. The van der Waals surface area contributed by atoms with Crippen LogP contribution in [0.2, 0.25) is 0 Å². The molecular formula is C28H26F4N2O4. The zero-order valence-corrected chi connectivity index (χ0v) is 20.9. The number of ether oxygens (including phenoxy) is 2. The summed E-state index contributed by atoms with van der Waals surface area (Å²) in [5.74, 6) is -1.29. The van der Waals surface area contributed by atoms with Gasteiger partial charge in [0.15, 0.2) is 11.5 Å². The van der Waals surface area contributed by atoms with E-state index in [1.807, 2.05) is 0 Å². The van der Waals surface area contributed by atoms with E-state index in [1.165, 1.54) is 36.4 Å². The first-order chi connectivity index (χ1) is 17.8. The van der Waals surface area contributed by atoms with Crippen molar-refractivity contribution in [1.82, 2.24) is 5.32 Å². The molecule has 10 heteroatoms. The van der Waals surface area contributed by atoms with E-state index >= 15 is 0 Å². The first-order valence-electron chi connectivity index (χ1n) is 11.8. The summed E-state index contributed by atoms with van der Waals surface area (Å²) < 4.78 is 65.8. The van der Waals surface area contributed by atoms with Crippen molar-refractivity contribution < 1.29 is 36.6 Å². The van der Waals surface area contributed by atoms with Gasteiger partial charge in [0.25, 0.3) is 5.91 Å². The van der Waals surface area contributed by atoms with Gasteiger partial charge in [-0.25, -0.2) is 4.39 Å². The van der Waals surface area contributed by atoms with Crippen LogP contribution in [-0.4, -0.2) is 30.6 Å². The summed E-state index contributed by atoms with van der Waals surface area (Å²) in [5.41, 5.74) is -1.64.